The summed E-state index contributed by atoms with van der Waals surface area (Å²) in [6.07, 6.45) is 10.4. The first kappa shape index (κ1) is 13.1. The second kappa shape index (κ2) is 6.01. The van der Waals surface area contributed by atoms with Gasteiger partial charge in [0.25, 0.3) is 0 Å². The molecule has 1 saturated carbocycles. The summed E-state index contributed by atoms with van der Waals surface area (Å²) in [5, 5.41) is 3.73. The number of fused-ring (bicyclic) bond motifs is 2. The third-order valence-electron chi connectivity index (χ3n) is 4.47. The molecule has 98 valence electrons. The normalized spacial score (nSPS) is 32.6. The second-order valence-electron chi connectivity index (χ2n) is 6.20. The summed E-state index contributed by atoms with van der Waals surface area (Å²) in [7, 11) is 4.30. The summed E-state index contributed by atoms with van der Waals surface area (Å²) >= 11 is 0. The maximum Gasteiger partial charge on any atom is 0.00728 e. The van der Waals surface area contributed by atoms with E-state index in [4.69, 9.17) is 0 Å². The molecule has 17 heavy (non-hydrogen) atoms. The van der Waals surface area contributed by atoms with Crippen molar-refractivity contribution < 1.29 is 0 Å². The van der Waals surface area contributed by atoms with Gasteiger partial charge in [-0.1, -0.05) is 12.2 Å². The highest BCUT2D eigenvalue weighted by Gasteiger charge is 2.38. The molecule has 1 N–H and O–H groups in total. The number of nitrogens with zero attached hydrogens (tertiary/aromatic N) is 1. The number of hydrogen-bond donors (Lipinski definition) is 1. The first-order valence-corrected chi connectivity index (χ1v) is 7.23. The quantitative estimate of drug-likeness (QED) is 0.540. The van der Waals surface area contributed by atoms with Crippen LogP contribution < -0.4 is 5.32 Å². The van der Waals surface area contributed by atoms with Gasteiger partial charge in [0.2, 0.25) is 0 Å². The predicted octanol–water partition coefficient (Wildman–Crippen LogP) is 2.52. The first-order valence-electron chi connectivity index (χ1n) is 7.23. The Bertz CT molecular complexity index is 260. The Labute approximate surface area is 106 Å². The van der Waals surface area contributed by atoms with E-state index >= 15 is 0 Å². The van der Waals surface area contributed by atoms with E-state index in [2.05, 4.69) is 43.4 Å². The molecular formula is C15H28N2. The SMILES string of the molecule is CC(NCCCCN(C)C)C1CC2C=CC1C2. The minimum atomic E-state index is 0.703. The van der Waals surface area contributed by atoms with Crippen LogP contribution in [0.25, 0.3) is 0 Å². The Morgan fingerprint density at radius 3 is 2.65 bits per heavy atom. The van der Waals surface area contributed by atoms with Crippen LogP contribution in [0.3, 0.4) is 0 Å². The minimum Gasteiger partial charge on any atom is -0.314 e. The largest absolute Gasteiger partial charge is 0.314 e. The summed E-state index contributed by atoms with van der Waals surface area (Å²) in [5.41, 5.74) is 0. The van der Waals surface area contributed by atoms with Crippen LogP contribution >= 0.6 is 0 Å². The molecule has 0 aromatic rings. The molecule has 0 amide bonds. The average molecular weight is 236 g/mol. The van der Waals surface area contributed by atoms with Crippen LogP contribution in [-0.4, -0.2) is 38.1 Å². The molecule has 0 aromatic heterocycles. The van der Waals surface area contributed by atoms with Crippen LogP contribution in [-0.2, 0) is 0 Å². The van der Waals surface area contributed by atoms with Gasteiger partial charge in [-0.3, -0.25) is 0 Å². The van der Waals surface area contributed by atoms with Gasteiger partial charge in [-0.25, -0.2) is 0 Å². The zero-order valence-corrected chi connectivity index (χ0v) is 11.7. The van der Waals surface area contributed by atoms with Gasteiger partial charge in [0, 0.05) is 6.04 Å². The minimum absolute atomic E-state index is 0.703. The van der Waals surface area contributed by atoms with Crippen molar-refractivity contribution in [1.29, 1.82) is 0 Å². The lowest BCUT2D eigenvalue weighted by atomic mass is 9.87. The van der Waals surface area contributed by atoms with Gasteiger partial charge in [0.05, 0.1) is 0 Å². The van der Waals surface area contributed by atoms with Crippen molar-refractivity contribution in [2.45, 2.75) is 38.6 Å². The van der Waals surface area contributed by atoms with Crippen molar-refractivity contribution in [3.63, 3.8) is 0 Å². The van der Waals surface area contributed by atoms with Gasteiger partial charge in [-0.05, 0) is 77.5 Å². The summed E-state index contributed by atoms with van der Waals surface area (Å²) in [4.78, 5) is 2.27. The topological polar surface area (TPSA) is 15.3 Å². The van der Waals surface area contributed by atoms with Crippen molar-refractivity contribution >= 4 is 0 Å². The summed E-state index contributed by atoms with van der Waals surface area (Å²) in [5.74, 6) is 2.69. The zero-order chi connectivity index (χ0) is 12.3. The van der Waals surface area contributed by atoms with E-state index in [1.807, 2.05) is 0 Å². The van der Waals surface area contributed by atoms with Gasteiger partial charge in [-0.2, -0.15) is 0 Å². The van der Waals surface area contributed by atoms with Crippen LogP contribution in [0.4, 0.5) is 0 Å². The van der Waals surface area contributed by atoms with Crippen LogP contribution in [0.15, 0.2) is 12.2 Å². The molecule has 4 unspecified atom stereocenters. The number of allylic oxidation sites excluding steroid dienone is 2. The monoisotopic (exact) mass is 236 g/mol. The molecule has 0 aromatic carbocycles. The fourth-order valence-electron chi connectivity index (χ4n) is 3.43. The lowest BCUT2D eigenvalue weighted by Gasteiger charge is -2.26. The Morgan fingerprint density at radius 2 is 2.06 bits per heavy atom. The summed E-state index contributed by atoms with van der Waals surface area (Å²) in [6, 6.07) is 0.703. The Balaban J connectivity index is 1.58. The van der Waals surface area contributed by atoms with Crippen molar-refractivity contribution in [1.82, 2.24) is 10.2 Å². The predicted molar refractivity (Wildman–Crippen MR) is 74.1 cm³/mol. The Hall–Kier alpha value is -0.340. The number of unbranched alkanes of at least 4 members (excludes halogenated alkanes) is 1. The van der Waals surface area contributed by atoms with E-state index in [1.54, 1.807) is 0 Å². The highest BCUT2D eigenvalue weighted by atomic mass is 15.0. The van der Waals surface area contributed by atoms with Gasteiger partial charge in [-0.15, -0.1) is 0 Å². The van der Waals surface area contributed by atoms with Crippen molar-refractivity contribution in [2.75, 3.05) is 27.2 Å². The molecule has 0 saturated heterocycles. The highest BCUT2D eigenvalue weighted by molar-refractivity contribution is 5.11. The third-order valence-corrected chi connectivity index (χ3v) is 4.47. The fourth-order valence-corrected chi connectivity index (χ4v) is 3.43. The van der Waals surface area contributed by atoms with E-state index in [0.29, 0.717) is 6.04 Å². The van der Waals surface area contributed by atoms with Gasteiger partial charge >= 0.3 is 0 Å². The number of rotatable bonds is 7. The molecule has 2 bridgehead atoms. The average Bonchev–Trinajstić information content (AvgIpc) is 2.89. The van der Waals surface area contributed by atoms with Crippen LogP contribution in [0.1, 0.15) is 32.6 Å². The standard InChI is InChI=1S/C15H28N2/c1-12(16-8-4-5-9-17(2)3)15-11-13-6-7-14(15)10-13/h6-7,12-16H,4-5,8-11H2,1-3H3. The van der Waals surface area contributed by atoms with E-state index in [9.17, 15) is 0 Å². The molecule has 2 aliphatic carbocycles. The van der Waals surface area contributed by atoms with Crippen molar-refractivity contribution in [3.05, 3.63) is 12.2 Å². The molecule has 2 aliphatic rings. The molecule has 0 aliphatic heterocycles. The molecule has 2 nitrogen and oxygen atoms in total. The first-order chi connectivity index (χ1) is 8.16. The van der Waals surface area contributed by atoms with E-state index in [1.165, 1.54) is 38.8 Å². The van der Waals surface area contributed by atoms with Crippen molar-refractivity contribution in [2.24, 2.45) is 17.8 Å². The lowest BCUT2D eigenvalue weighted by molar-refractivity contribution is 0.321. The molecule has 2 rings (SSSR count). The zero-order valence-electron chi connectivity index (χ0n) is 11.7. The molecule has 2 heteroatoms. The molecule has 0 spiro atoms. The molecular weight excluding hydrogens is 208 g/mol. The molecule has 4 atom stereocenters. The van der Waals surface area contributed by atoms with Crippen LogP contribution in [0.5, 0.6) is 0 Å². The third kappa shape index (κ3) is 3.56. The molecule has 0 radical (unpaired) electrons. The van der Waals surface area contributed by atoms with Crippen LogP contribution in [0, 0.1) is 17.8 Å². The summed E-state index contributed by atoms with van der Waals surface area (Å²) in [6.45, 7) is 4.78. The second-order valence-corrected chi connectivity index (χ2v) is 6.20. The van der Waals surface area contributed by atoms with E-state index < -0.39 is 0 Å². The maximum absolute atomic E-state index is 3.73. The van der Waals surface area contributed by atoms with Crippen molar-refractivity contribution in [3.8, 4) is 0 Å². The summed E-state index contributed by atoms with van der Waals surface area (Å²) < 4.78 is 0. The van der Waals surface area contributed by atoms with Crippen LogP contribution in [0.2, 0.25) is 0 Å². The number of nitrogens with one attached hydrogen (secondary N) is 1. The van der Waals surface area contributed by atoms with E-state index in [-0.39, 0.29) is 0 Å². The number of hydrogen-bond acceptors (Lipinski definition) is 2. The van der Waals surface area contributed by atoms with Gasteiger partial charge < -0.3 is 10.2 Å². The maximum atomic E-state index is 3.73. The van der Waals surface area contributed by atoms with E-state index in [0.717, 1.165) is 17.8 Å². The lowest BCUT2D eigenvalue weighted by Crippen LogP contribution is -2.36. The Morgan fingerprint density at radius 1 is 1.24 bits per heavy atom. The van der Waals surface area contributed by atoms with Gasteiger partial charge in [0.1, 0.15) is 0 Å². The molecule has 0 heterocycles. The Kier molecular flexibility index (Phi) is 4.63. The highest BCUT2D eigenvalue weighted by Crippen LogP contribution is 2.44. The smallest absolute Gasteiger partial charge is 0.00728 e. The fraction of sp³-hybridized carbons (Fsp3) is 0.867. The van der Waals surface area contributed by atoms with Gasteiger partial charge in [0.15, 0.2) is 0 Å². The molecule has 1 fully saturated rings.